The van der Waals surface area contributed by atoms with Gasteiger partial charge in [0.05, 0.1) is 29.9 Å². The number of rotatable bonds is 11. The zero-order valence-electron chi connectivity index (χ0n) is 18.8. The van der Waals surface area contributed by atoms with Crippen molar-refractivity contribution in [1.29, 1.82) is 0 Å². The Bertz CT molecular complexity index is 985. The molecule has 1 heterocycles. The summed E-state index contributed by atoms with van der Waals surface area (Å²) in [4.78, 5) is 22.0. The number of anilines is 1. The van der Waals surface area contributed by atoms with Gasteiger partial charge in [-0.2, -0.15) is 0 Å². The van der Waals surface area contributed by atoms with Crippen molar-refractivity contribution in [1.82, 2.24) is 9.88 Å². The number of hydrogen-bond acceptors (Lipinski definition) is 6. The Balaban J connectivity index is 1.81. The first kappa shape index (κ1) is 23.0. The molecular weight excluding hydrogens is 410 g/mol. The molecule has 0 saturated heterocycles. The van der Waals surface area contributed by atoms with E-state index in [9.17, 15) is 4.79 Å². The molecule has 0 fully saturated rings. The molecule has 2 aromatic carbocycles. The number of carbonyl (C=O) groups excluding carboxylic acids is 1. The first-order chi connectivity index (χ1) is 15.0. The fourth-order valence-electron chi connectivity index (χ4n) is 3.28. The van der Waals surface area contributed by atoms with Crippen LogP contribution < -0.4 is 14.4 Å². The molecule has 31 heavy (non-hydrogen) atoms. The molecule has 0 aliphatic rings. The number of fused-ring (bicyclic) bond motifs is 1. The second-order valence-corrected chi connectivity index (χ2v) is 8.52. The minimum absolute atomic E-state index is 0.0482. The van der Waals surface area contributed by atoms with Crippen LogP contribution >= 0.6 is 11.3 Å². The third kappa shape index (κ3) is 6.42. The van der Waals surface area contributed by atoms with Crippen molar-refractivity contribution in [2.24, 2.45) is 0 Å². The molecule has 0 atom stereocenters. The smallest absolute Gasteiger partial charge is 0.233 e. The molecule has 0 bridgehead atoms. The SMILES string of the molecule is CCOc1ccc(CC(=O)N(CCCN(C)C)c2nc3ccc(OCC)cc3s2)cc1. The minimum atomic E-state index is 0.0482. The van der Waals surface area contributed by atoms with Crippen LogP contribution in [0.3, 0.4) is 0 Å². The summed E-state index contributed by atoms with van der Waals surface area (Å²) in [6.07, 6.45) is 1.20. The molecule has 0 radical (unpaired) electrons. The van der Waals surface area contributed by atoms with E-state index in [-0.39, 0.29) is 5.91 Å². The Morgan fingerprint density at radius 2 is 1.65 bits per heavy atom. The van der Waals surface area contributed by atoms with Gasteiger partial charge in [0, 0.05) is 6.54 Å². The summed E-state index contributed by atoms with van der Waals surface area (Å²) in [5.41, 5.74) is 1.85. The summed E-state index contributed by atoms with van der Waals surface area (Å²) < 4.78 is 12.1. The van der Waals surface area contributed by atoms with Crippen LogP contribution in [0.15, 0.2) is 42.5 Å². The molecule has 0 unspecified atom stereocenters. The highest BCUT2D eigenvalue weighted by molar-refractivity contribution is 7.22. The van der Waals surface area contributed by atoms with Crippen molar-refractivity contribution in [3.63, 3.8) is 0 Å². The van der Waals surface area contributed by atoms with Crippen LogP contribution in [0.1, 0.15) is 25.8 Å². The number of carbonyl (C=O) groups is 1. The van der Waals surface area contributed by atoms with Crippen LogP contribution in [0.2, 0.25) is 0 Å². The Hall–Kier alpha value is -2.64. The van der Waals surface area contributed by atoms with E-state index in [1.165, 1.54) is 11.3 Å². The topological polar surface area (TPSA) is 54.9 Å². The van der Waals surface area contributed by atoms with Crippen molar-refractivity contribution >= 4 is 32.6 Å². The lowest BCUT2D eigenvalue weighted by molar-refractivity contribution is -0.118. The van der Waals surface area contributed by atoms with Gasteiger partial charge in [-0.15, -0.1) is 0 Å². The standard InChI is InChI=1S/C24H31N3O3S/c1-5-29-19-10-8-18(9-11-19)16-23(28)27(15-7-14-26(3)4)24-25-21-13-12-20(30-6-2)17-22(21)31-24/h8-13,17H,5-7,14-16H2,1-4H3. The molecule has 7 heteroatoms. The van der Waals surface area contributed by atoms with Gasteiger partial charge in [-0.1, -0.05) is 23.5 Å². The van der Waals surface area contributed by atoms with Crippen molar-refractivity contribution in [2.45, 2.75) is 26.7 Å². The van der Waals surface area contributed by atoms with Gasteiger partial charge in [0.25, 0.3) is 0 Å². The van der Waals surface area contributed by atoms with E-state index in [2.05, 4.69) is 4.90 Å². The van der Waals surface area contributed by atoms with Gasteiger partial charge in [-0.25, -0.2) is 4.98 Å². The Kier molecular flexibility index (Phi) is 8.26. The summed E-state index contributed by atoms with van der Waals surface area (Å²) in [7, 11) is 4.08. The lowest BCUT2D eigenvalue weighted by Crippen LogP contribution is -2.34. The van der Waals surface area contributed by atoms with Gasteiger partial charge >= 0.3 is 0 Å². The maximum atomic E-state index is 13.3. The van der Waals surface area contributed by atoms with Gasteiger partial charge in [-0.3, -0.25) is 9.69 Å². The molecule has 6 nitrogen and oxygen atoms in total. The molecule has 0 spiro atoms. The second kappa shape index (κ2) is 11.1. The lowest BCUT2D eigenvalue weighted by Gasteiger charge is -2.21. The molecule has 0 aliphatic carbocycles. The third-order valence-corrected chi connectivity index (χ3v) is 5.81. The number of nitrogens with zero attached hydrogens (tertiary/aromatic N) is 3. The van der Waals surface area contributed by atoms with E-state index >= 15 is 0 Å². The summed E-state index contributed by atoms with van der Waals surface area (Å²) in [6.45, 7) is 6.71. The first-order valence-corrected chi connectivity index (χ1v) is 11.5. The van der Waals surface area contributed by atoms with Crippen LogP contribution in [-0.2, 0) is 11.2 Å². The number of aromatic nitrogens is 1. The van der Waals surface area contributed by atoms with Crippen molar-refractivity contribution in [3.8, 4) is 11.5 Å². The van der Waals surface area contributed by atoms with Gasteiger partial charge in [-0.05, 0) is 76.8 Å². The van der Waals surface area contributed by atoms with Crippen LogP contribution in [0.5, 0.6) is 11.5 Å². The Morgan fingerprint density at radius 3 is 2.32 bits per heavy atom. The molecule has 0 N–H and O–H groups in total. The van der Waals surface area contributed by atoms with E-state index < -0.39 is 0 Å². The molecule has 3 rings (SSSR count). The quantitative estimate of drug-likeness (QED) is 0.435. The van der Waals surface area contributed by atoms with Crippen LogP contribution in [0.4, 0.5) is 5.13 Å². The highest BCUT2D eigenvalue weighted by atomic mass is 32.1. The van der Waals surface area contributed by atoms with Gasteiger partial charge in [0.2, 0.25) is 5.91 Å². The highest BCUT2D eigenvalue weighted by Gasteiger charge is 2.20. The average molecular weight is 442 g/mol. The zero-order chi connectivity index (χ0) is 22.2. The first-order valence-electron chi connectivity index (χ1n) is 10.7. The Morgan fingerprint density at radius 1 is 0.968 bits per heavy atom. The number of amides is 1. The molecular formula is C24H31N3O3S. The predicted octanol–water partition coefficient (Wildman–Crippen LogP) is 4.62. The minimum Gasteiger partial charge on any atom is -0.494 e. The fourth-order valence-corrected chi connectivity index (χ4v) is 4.31. The molecule has 0 aliphatic heterocycles. The van der Waals surface area contributed by atoms with Gasteiger partial charge < -0.3 is 14.4 Å². The number of benzene rings is 2. The number of thiazole rings is 1. The predicted molar refractivity (Wildman–Crippen MR) is 128 cm³/mol. The van der Waals surface area contributed by atoms with E-state index in [0.717, 1.165) is 45.4 Å². The molecule has 0 saturated carbocycles. The number of ether oxygens (including phenoxy) is 2. The van der Waals surface area contributed by atoms with Gasteiger partial charge in [0.15, 0.2) is 5.13 Å². The number of hydrogen-bond donors (Lipinski definition) is 0. The highest BCUT2D eigenvalue weighted by Crippen LogP contribution is 2.32. The van der Waals surface area contributed by atoms with Crippen molar-refractivity contribution in [2.75, 3.05) is 45.3 Å². The van der Waals surface area contributed by atoms with E-state index in [0.29, 0.717) is 26.2 Å². The second-order valence-electron chi connectivity index (χ2n) is 7.51. The van der Waals surface area contributed by atoms with Crippen LogP contribution in [-0.4, -0.2) is 56.2 Å². The monoisotopic (exact) mass is 441 g/mol. The summed E-state index contributed by atoms with van der Waals surface area (Å²) in [5, 5.41) is 0.735. The zero-order valence-corrected chi connectivity index (χ0v) is 19.6. The van der Waals surface area contributed by atoms with Crippen LogP contribution in [0, 0.1) is 0 Å². The van der Waals surface area contributed by atoms with E-state index in [1.54, 1.807) is 0 Å². The average Bonchev–Trinajstić information content (AvgIpc) is 3.15. The fraction of sp³-hybridized carbons (Fsp3) is 0.417. The summed E-state index contributed by atoms with van der Waals surface area (Å²) in [5.74, 6) is 1.69. The lowest BCUT2D eigenvalue weighted by atomic mass is 10.1. The maximum absolute atomic E-state index is 13.3. The van der Waals surface area contributed by atoms with Crippen LogP contribution in [0.25, 0.3) is 10.2 Å². The van der Waals surface area contributed by atoms with Crippen molar-refractivity contribution < 1.29 is 14.3 Å². The summed E-state index contributed by atoms with van der Waals surface area (Å²) in [6, 6.07) is 13.6. The molecule has 166 valence electrons. The molecule has 3 aromatic rings. The molecule has 1 aromatic heterocycles. The largest absolute Gasteiger partial charge is 0.494 e. The van der Waals surface area contributed by atoms with E-state index in [1.807, 2.05) is 75.3 Å². The Labute approximate surface area is 188 Å². The van der Waals surface area contributed by atoms with Gasteiger partial charge in [0.1, 0.15) is 11.5 Å². The summed E-state index contributed by atoms with van der Waals surface area (Å²) >= 11 is 1.53. The third-order valence-electron chi connectivity index (χ3n) is 4.77. The van der Waals surface area contributed by atoms with E-state index in [4.69, 9.17) is 14.5 Å². The molecule has 1 amide bonds. The van der Waals surface area contributed by atoms with Crippen molar-refractivity contribution in [3.05, 3.63) is 48.0 Å². The normalized spacial score (nSPS) is 11.1. The maximum Gasteiger partial charge on any atom is 0.233 e.